The molecule has 3 radical (unpaired) electrons. The van der Waals surface area contributed by atoms with E-state index < -0.39 is 0 Å². The Hall–Kier alpha value is 0.240. The molecule has 0 aliphatic rings. The number of aromatic nitrogens is 1. The van der Waals surface area contributed by atoms with Crippen LogP contribution in [-0.4, -0.2) is 27.5 Å². The summed E-state index contributed by atoms with van der Waals surface area (Å²) in [5, 5.41) is 8.72. The van der Waals surface area contributed by atoms with E-state index in [4.69, 9.17) is 5.11 Å². The number of rotatable bonds is 1. The summed E-state index contributed by atoms with van der Waals surface area (Å²) in [7, 11) is 0. The summed E-state index contributed by atoms with van der Waals surface area (Å²) in [6.45, 7) is 3.95. The Balaban J connectivity index is -0.000000333. The van der Waals surface area contributed by atoms with E-state index in [1.54, 1.807) is 0 Å². The van der Waals surface area contributed by atoms with E-state index >= 15 is 0 Å². The van der Waals surface area contributed by atoms with Crippen LogP contribution < -0.4 is 18.9 Å². The first-order valence-corrected chi connectivity index (χ1v) is 3.27. The minimum Gasteiger partial charge on any atom is -1.00 e. The van der Waals surface area contributed by atoms with Crippen molar-refractivity contribution in [2.45, 2.75) is 20.5 Å². The van der Waals surface area contributed by atoms with E-state index in [0.29, 0.717) is 0 Å². The molecule has 0 bridgehead atoms. The molecular weight excluding hydrogens is 160 g/mol. The standard InChI is InChI=1S/C8H11NO.Al.Li.H/c1-6-3-7(2)9-8(4-6)5-10;;;/h3-4,10H,5H2,1-2H3;;;/q;;+1;-1. The van der Waals surface area contributed by atoms with Gasteiger partial charge in [0.2, 0.25) is 0 Å². The largest absolute Gasteiger partial charge is 1.00 e. The molecule has 1 aromatic heterocycles. The molecule has 0 amide bonds. The molecule has 1 heterocycles. The van der Waals surface area contributed by atoms with Gasteiger partial charge in [0.25, 0.3) is 0 Å². The number of pyridine rings is 1. The van der Waals surface area contributed by atoms with Crippen LogP contribution in [0.3, 0.4) is 0 Å². The first kappa shape index (κ1) is 14.7. The van der Waals surface area contributed by atoms with Gasteiger partial charge in [-0.15, -0.1) is 0 Å². The van der Waals surface area contributed by atoms with Crippen LogP contribution in [0.5, 0.6) is 0 Å². The van der Waals surface area contributed by atoms with E-state index in [1.165, 1.54) is 0 Å². The maximum absolute atomic E-state index is 8.72. The van der Waals surface area contributed by atoms with Crippen LogP contribution >= 0.6 is 0 Å². The van der Waals surface area contributed by atoms with Crippen molar-refractivity contribution in [1.29, 1.82) is 0 Å². The molecule has 0 atom stereocenters. The average Bonchev–Trinajstić information content (AvgIpc) is 1.85. The van der Waals surface area contributed by atoms with Crippen LogP contribution in [0.4, 0.5) is 0 Å². The summed E-state index contributed by atoms with van der Waals surface area (Å²) < 4.78 is 0. The second-order valence-electron chi connectivity index (χ2n) is 2.44. The molecule has 1 rings (SSSR count). The van der Waals surface area contributed by atoms with E-state index in [0.717, 1.165) is 17.0 Å². The molecule has 59 valence electrons. The summed E-state index contributed by atoms with van der Waals surface area (Å²) in [4.78, 5) is 4.10. The molecule has 0 unspecified atom stereocenters. The molecule has 0 aliphatic carbocycles. The Bertz CT molecular complexity index is 227. The van der Waals surface area contributed by atoms with Gasteiger partial charge in [-0.25, -0.2) is 0 Å². The molecule has 0 fully saturated rings. The van der Waals surface area contributed by atoms with Crippen molar-refractivity contribution in [3.05, 3.63) is 29.1 Å². The van der Waals surface area contributed by atoms with Crippen LogP contribution in [0, 0.1) is 13.8 Å². The van der Waals surface area contributed by atoms with Gasteiger partial charge >= 0.3 is 18.9 Å². The van der Waals surface area contributed by atoms with Crippen LogP contribution in [0.15, 0.2) is 12.1 Å². The molecule has 1 aromatic rings. The number of aliphatic hydroxyl groups is 1. The van der Waals surface area contributed by atoms with Crippen LogP contribution in [0.25, 0.3) is 0 Å². The summed E-state index contributed by atoms with van der Waals surface area (Å²) >= 11 is 0. The molecule has 0 spiro atoms. The fourth-order valence-electron chi connectivity index (χ4n) is 1.01. The van der Waals surface area contributed by atoms with E-state index in [-0.39, 0.29) is 44.3 Å². The van der Waals surface area contributed by atoms with Crippen molar-refractivity contribution in [3.63, 3.8) is 0 Å². The monoisotopic (exact) mass is 172 g/mol. The Morgan fingerprint density at radius 3 is 2.42 bits per heavy atom. The SMILES string of the molecule is Cc1cc(C)nc(CO)c1.[Al].[H-].[Li+]. The van der Waals surface area contributed by atoms with Crippen LogP contribution in [0.2, 0.25) is 0 Å². The van der Waals surface area contributed by atoms with Gasteiger partial charge in [0.15, 0.2) is 0 Å². The normalized spacial score (nSPS) is 8.25. The van der Waals surface area contributed by atoms with E-state index in [1.807, 2.05) is 26.0 Å². The molecular formula is C8H12AlLiNO. The zero-order valence-electron chi connectivity index (χ0n) is 8.83. The predicted octanol–water partition coefficient (Wildman–Crippen LogP) is -2.07. The number of aliphatic hydroxyl groups excluding tert-OH is 1. The average molecular weight is 172 g/mol. The first-order valence-electron chi connectivity index (χ1n) is 3.27. The third-order valence-electron chi connectivity index (χ3n) is 1.31. The Morgan fingerprint density at radius 2 is 2.00 bits per heavy atom. The summed E-state index contributed by atoms with van der Waals surface area (Å²) in [6.07, 6.45) is 0. The third kappa shape index (κ3) is 4.31. The quantitative estimate of drug-likeness (QED) is 0.493. The summed E-state index contributed by atoms with van der Waals surface area (Å²) in [5.74, 6) is 0. The third-order valence-corrected chi connectivity index (χ3v) is 1.31. The van der Waals surface area contributed by atoms with Gasteiger partial charge in [0, 0.05) is 23.1 Å². The summed E-state index contributed by atoms with van der Waals surface area (Å²) in [5.41, 5.74) is 2.86. The molecule has 12 heavy (non-hydrogen) atoms. The van der Waals surface area contributed by atoms with Crippen molar-refractivity contribution < 1.29 is 25.4 Å². The number of hydrogen-bond donors (Lipinski definition) is 1. The minimum absolute atomic E-state index is 0. The van der Waals surface area contributed by atoms with Gasteiger partial charge in [-0.1, -0.05) is 0 Å². The summed E-state index contributed by atoms with van der Waals surface area (Å²) in [6, 6.07) is 3.87. The molecule has 0 saturated carbocycles. The van der Waals surface area contributed by atoms with Gasteiger partial charge in [0.05, 0.1) is 12.3 Å². The second kappa shape index (κ2) is 6.72. The fourth-order valence-corrected chi connectivity index (χ4v) is 1.01. The Labute approximate surface area is 97.2 Å². The van der Waals surface area contributed by atoms with Crippen molar-refractivity contribution in [1.82, 2.24) is 4.98 Å². The minimum atomic E-state index is 0. The molecule has 0 saturated heterocycles. The Morgan fingerprint density at radius 1 is 1.42 bits per heavy atom. The Kier molecular flexibility index (Phi) is 8.26. The van der Waals surface area contributed by atoms with Crippen LogP contribution in [-0.2, 0) is 6.61 Å². The van der Waals surface area contributed by atoms with Gasteiger partial charge in [0.1, 0.15) is 0 Å². The molecule has 1 N–H and O–H groups in total. The van der Waals surface area contributed by atoms with E-state index in [9.17, 15) is 0 Å². The van der Waals surface area contributed by atoms with Gasteiger partial charge < -0.3 is 6.53 Å². The smallest absolute Gasteiger partial charge is 1.00 e. The second-order valence-corrected chi connectivity index (χ2v) is 2.44. The van der Waals surface area contributed by atoms with Gasteiger partial charge in [-0.05, 0) is 31.5 Å². The zero-order chi connectivity index (χ0) is 7.56. The van der Waals surface area contributed by atoms with E-state index in [2.05, 4.69) is 4.98 Å². The first-order chi connectivity index (χ1) is 4.72. The van der Waals surface area contributed by atoms with Gasteiger partial charge in [-0.2, -0.15) is 0 Å². The molecule has 0 aromatic carbocycles. The van der Waals surface area contributed by atoms with Crippen molar-refractivity contribution in [2.24, 2.45) is 0 Å². The molecule has 2 nitrogen and oxygen atoms in total. The zero-order valence-corrected chi connectivity index (χ0v) is 8.99. The van der Waals surface area contributed by atoms with Crippen LogP contribution in [0.1, 0.15) is 18.4 Å². The molecule has 4 heteroatoms. The van der Waals surface area contributed by atoms with Crippen molar-refractivity contribution in [3.8, 4) is 0 Å². The van der Waals surface area contributed by atoms with Gasteiger partial charge in [-0.3, -0.25) is 4.98 Å². The number of hydrogen-bond acceptors (Lipinski definition) is 2. The predicted molar refractivity (Wildman–Crippen MR) is 46.5 cm³/mol. The topological polar surface area (TPSA) is 33.1 Å². The molecule has 0 aliphatic heterocycles. The van der Waals surface area contributed by atoms with Crippen molar-refractivity contribution >= 4 is 17.4 Å². The maximum Gasteiger partial charge on any atom is 1.00 e. The maximum atomic E-state index is 8.72. The van der Waals surface area contributed by atoms with Crippen molar-refractivity contribution in [2.75, 3.05) is 0 Å². The number of nitrogens with zero attached hydrogens (tertiary/aromatic N) is 1. The number of aryl methyl sites for hydroxylation is 2. The fraction of sp³-hybridized carbons (Fsp3) is 0.375.